The van der Waals surface area contributed by atoms with Gasteiger partial charge in [0.25, 0.3) is 0 Å². The molecule has 22 heavy (non-hydrogen) atoms. The van der Waals surface area contributed by atoms with Crippen LogP contribution in [0.25, 0.3) is 0 Å². The zero-order valence-electron chi connectivity index (χ0n) is 11.5. The van der Waals surface area contributed by atoms with Gasteiger partial charge in [-0.15, -0.1) is 0 Å². The van der Waals surface area contributed by atoms with Crippen LogP contribution in [0, 0.1) is 5.92 Å². The summed E-state index contributed by atoms with van der Waals surface area (Å²) in [5.41, 5.74) is -2.31. The summed E-state index contributed by atoms with van der Waals surface area (Å²) in [6.07, 6.45) is -5.87. The molecule has 3 rings (SSSR count). The summed E-state index contributed by atoms with van der Waals surface area (Å²) >= 11 is 0. The van der Waals surface area contributed by atoms with E-state index >= 15 is 0 Å². The van der Waals surface area contributed by atoms with Crippen molar-refractivity contribution in [1.29, 1.82) is 0 Å². The molecule has 1 heterocycles. The molecule has 0 bridgehead atoms. The Morgan fingerprint density at radius 3 is 2.18 bits per heavy atom. The van der Waals surface area contributed by atoms with Crippen LogP contribution in [0.4, 0.5) is 32.0 Å². The Balaban J connectivity index is 1.99. The molecule has 0 amide bonds. The minimum absolute atomic E-state index is 0.0245. The van der Waals surface area contributed by atoms with Gasteiger partial charge in [0.15, 0.2) is 0 Å². The van der Waals surface area contributed by atoms with E-state index < -0.39 is 23.5 Å². The first-order chi connectivity index (χ1) is 10.1. The zero-order valence-corrected chi connectivity index (χ0v) is 11.5. The summed E-state index contributed by atoms with van der Waals surface area (Å²) in [4.78, 5) is 3.99. The van der Waals surface area contributed by atoms with Crippen LogP contribution < -0.4 is 0 Å². The molecule has 0 spiro atoms. The van der Waals surface area contributed by atoms with Gasteiger partial charge in [0.2, 0.25) is 0 Å². The van der Waals surface area contributed by atoms with Crippen LogP contribution in [-0.4, -0.2) is 5.71 Å². The van der Waals surface area contributed by atoms with E-state index in [1.54, 1.807) is 0 Å². The minimum atomic E-state index is -4.85. The number of nitrogens with zero attached hydrogens (tertiary/aromatic N) is 1. The normalized spacial score (nSPS) is 18.9. The lowest BCUT2D eigenvalue weighted by Gasteiger charge is -2.24. The molecule has 0 atom stereocenters. The number of alkyl halides is 6. The van der Waals surface area contributed by atoms with Gasteiger partial charge < -0.3 is 0 Å². The highest BCUT2D eigenvalue weighted by molar-refractivity contribution is 5.95. The average Bonchev–Trinajstić information content (AvgIpc) is 2.72. The largest absolute Gasteiger partial charge is 0.418 e. The Kier molecular flexibility index (Phi) is 3.49. The Bertz CT molecular complexity index is 622. The molecule has 1 aliphatic heterocycles. The van der Waals surface area contributed by atoms with Crippen LogP contribution >= 0.6 is 0 Å². The molecule has 0 aromatic heterocycles. The van der Waals surface area contributed by atoms with Gasteiger partial charge in [0.05, 0.1) is 16.8 Å². The molecular formula is C15H13F6N. The number of halogens is 6. The molecule has 1 aromatic carbocycles. The molecule has 0 saturated heterocycles. The molecular weight excluding hydrogens is 308 g/mol. The predicted octanol–water partition coefficient (Wildman–Crippen LogP) is 5.54. The maximum Gasteiger partial charge on any atom is 0.418 e. The van der Waals surface area contributed by atoms with Crippen LogP contribution in [0.5, 0.6) is 0 Å². The lowest BCUT2D eigenvalue weighted by molar-refractivity contribution is -0.142. The molecule has 1 aromatic rings. The van der Waals surface area contributed by atoms with Gasteiger partial charge in [0.1, 0.15) is 0 Å². The van der Waals surface area contributed by atoms with Gasteiger partial charge >= 0.3 is 12.4 Å². The fourth-order valence-corrected chi connectivity index (χ4v) is 2.91. The van der Waals surface area contributed by atoms with Gasteiger partial charge in [0, 0.05) is 12.1 Å². The van der Waals surface area contributed by atoms with E-state index in [0.717, 1.165) is 25.3 Å². The highest BCUT2D eigenvalue weighted by Gasteiger charge is 2.41. The van der Waals surface area contributed by atoms with Crippen molar-refractivity contribution in [2.75, 3.05) is 0 Å². The second kappa shape index (κ2) is 4.99. The van der Waals surface area contributed by atoms with Crippen molar-refractivity contribution >= 4 is 11.4 Å². The van der Waals surface area contributed by atoms with Gasteiger partial charge in [-0.2, -0.15) is 26.3 Å². The third-order valence-electron chi connectivity index (χ3n) is 4.24. The van der Waals surface area contributed by atoms with Gasteiger partial charge in [-0.1, -0.05) is 19.3 Å². The first-order valence-corrected chi connectivity index (χ1v) is 7.02. The molecule has 1 nitrogen and oxygen atoms in total. The summed E-state index contributed by atoms with van der Waals surface area (Å²) in [6.45, 7) is 0. The van der Waals surface area contributed by atoms with E-state index in [1.165, 1.54) is 0 Å². The van der Waals surface area contributed by atoms with Crippen molar-refractivity contribution in [2.24, 2.45) is 10.9 Å². The molecule has 1 fully saturated rings. The first-order valence-electron chi connectivity index (χ1n) is 7.02. The van der Waals surface area contributed by atoms with E-state index in [0.29, 0.717) is 18.1 Å². The quantitative estimate of drug-likeness (QED) is 0.634. The third-order valence-corrected chi connectivity index (χ3v) is 4.24. The highest BCUT2D eigenvalue weighted by Crippen LogP contribution is 2.45. The Hall–Kier alpha value is -1.53. The lowest BCUT2D eigenvalue weighted by atomic mass is 9.81. The van der Waals surface area contributed by atoms with Crippen molar-refractivity contribution in [2.45, 2.75) is 44.5 Å². The minimum Gasteiger partial charge on any atom is -0.257 e. The van der Waals surface area contributed by atoms with Gasteiger partial charge in [-0.25, -0.2) is 0 Å². The number of rotatable bonds is 2. The van der Waals surface area contributed by atoms with E-state index in [4.69, 9.17) is 0 Å². The third kappa shape index (κ3) is 2.85. The Morgan fingerprint density at radius 2 is 1.68 bits per heavy atom. The second-order valence-corrected chi connectivity index (χ2v) is 5.88. The highest BCUT2D eigenvalue weighted by atomic mass is 19.4. The van der Waals surface area contributed by atoms with Crippen molar-refractivity contribution in [1.82, 2.24) is 0 Å². The van der Waals surface area contributed by atoms with Crippen molar-refractivity contribution in [3.05, 3.63) is 28.8 Å². The molecule has 1 aliphatic carbocycles. The predicted molar refractivity (Wildman–Crippen MR) is 69.2 cm³/mol. The fourth-order valence-electron chi connectivity index (χ4n) is 2.91. The Labute approximate surface area is 123 Å². The first kappa shape index (κ1) is 15.4. The standard InChI is InChI=1S/C15H13F6N/c16-14(17,18)10-5-9-6-11(4-8-2-1-3-8)22-13(9)12(7-10)15(19,20)21/h5,7-8H,1-4,6H2. The van der Waals surface area contributed by atoms with Crippen LogP contribution in [0.15, 0.2) is 17.1 Å². The zero-order chi connectivity index (χ0) is 16.1. The monoisotopic (exact) mass is 321 g/mol. The number of fused-ring (bicyclic) bond motifs is 1. The van der Waals surface area contributed by atoms with Crippen LogP contribution in [-0.2, 0) is 18.8 Å². The summed E-state index contributed by atoms with van der Waals surface area (Å²) in [5.74, 6) is 0.407. The van der Waals surface area contributed by atoms with Crippen molar-refractivity contribution in [3.63, 3.8) is 0 Å². The van der Waals surface area contributed by atoms with E-state index in [-0.39, 0.29) is 23.7 Å². The molecule has 0 unspecified atom stereocenters. The van der Waals surface area contributed by atoms with Crippen LogP contribution in [0.1, 0.15) is 42.4 Å². The maximum absolute atomic E-state index is 13.0. The molecule has 120 valence electrons. The van der Waals surface area contributed by atoms with E-state index in [2.05, 4.69) is 4.99 Å². The molecule has 1 saturated carbocycles. The van der Waals surface area contributed by atoms with E-state index in [9.17, 15) is 26.3 Å². The molecule has 2 aliphatic rings. The molecule has 0 N–H and O–H groups in total. The average molecular weight is 321 g/mol. The van der Waals surface area contributed by atoms with Gasteiger partial charge in [-0.05, 0) is 30.0 Å². The van der Waals surface area contributed by atoms with Crippen molar-refractivity contribution in [3.8, 4) is 0 Å². The smallest absolute Gasteiger partial charge is 0.257 e. The topological polar surface area (TPSA) is 12.4 Å². The molecule has 0 radical (unpaired) electrons. The summed E-state index contributed by atoms with van der Waals surface area (Å²) in [5, 5.41) is 0. The molecule has 7 heteroatoms. The second-order valence-electron chi connectivity index (χ2n) is 5.88. The van der Waals surface area contributed by atoms with Gasteiger partial charge in [-0.3, -0.25) is 4.99 Å². The lowest BCUT2D eigenvalue weighted by Crippen LogP contribution is -2.15. The number of hydrogen-bond acceptors (Lipinski definition) is 1. The SMILES string of the molecule is FC(F)(F)c1cc2c(c(C(F)(F)F)c1)N=C(CC1CCC1)C2. The van der Waals surface area contributed by atoms with Crippen molar-refractivity contribution < 1.29 is 26.3 Å². The van der Waals surface area contributed by atoms with Crippen LogP contribution in [0.2, 0.25) is 0 Å². The maximum atomic E-state index is 13.0. The van der Waals surface area contributed by atoms with Crippen LogP contribution in [0.3, 0.4) is 0 Å². The number of benzene rings is 1. The summed E-state index contributed by atoms with van der Waals surface area (Å²) in [6, 6.07) is 0.955. The fraction of sp³-hybridized carbons (Fsp3) is 0.533. The number of hydrogen-bond donors (Lipinski definition) is 0. The summed E-state index contributed by atoms with van der Waals surface area (Å²) < 4.78 is 77.5. The summed E-state index contributed by atoms with van der Waals surface area (Å²) in [7, 11) is 0. The van der Waals surface area contributed by atoms with E-state index in [1.807, 2.05) is 0 Å². The number of aliphatic imine (C=N–C) groups is 1. The Morgan fingerprint density at radius 1 is 1.00 bits per heavy atom.